The van der Waals surface area contributed by atoms with Crippen molar-refractivity contribution in [2.24, 2.45) is 0 Å². The lowest BCUT2D eigenvalue weighted by Crippen LogP contribution is -2.49. The predicted octanol–water partition coefficient (Wildman–Crippen LogP) is 3.01. The summed E-state index contributed by atoms with van der Waals surface area (Å²) in [6.45, 7) is 3.37. The number of hydrogen-bond donors (Lipinski definition) is 0. The van der Waals surface area contributed by atoms with E-state index in [-0.39, 0.29) is 11.7 Å². The van der Waals surface area contributed by atoms with Gasteiger partial charge in [0.05, 0.1) is 19.9 Å². The Labute approximate surface area is 163 Å². The van der Waals surface area contributed by atoms with Crippen molar-refractivity contribution in [3.8, 4) is 11.5 Å². The fourth-order valence-corrected chi connectivity index (χ4v) is 3.28. The lowest BCUT2D eigenvalue weighted by atomic mass is 10.1. The number of amides is 1. The Morgan fingerprint density at radius 2 is 1.54 bits per heavy atom. The van der Waals surface area contributed by atoms with Gasteiger partial charge >= 0.3 is 0 Å². The number of Topliss-reactive ketones (excluding diaryl/α,β-unsaturated/α-hetero) is 1. The summed E-state index contributed by atoms with van der Waals surface area (Å²) in [6.07, 6.45) is 0. The summed E-state index contributed by atoms with van der Waals surface area (Å²) in [6, 6.07) is 9.58. The standard InChI is InChI=1S/C21H23FN2O4/c1-14(25)15-4-6-18(17(22)12-15)23-8-10-24(11-9-23)21(26)16-5-7-19(27-2)20(13-16)28-3/h4-7,12-13H,8-11H2,1-3H3. The van der Waals surface area contributed by atoms with Crippen LogP contribution in [0.15, 0.2) is 36.4 Å². The van der Waals surface area contributed by atoms with Gasteiger partial charge in [-0.05, 0) is 43.3 Å². The third kappa shape index (κ3) is 3.93. The molecular weight excluding hydrogens is 363 g/mol. The molecule has 2 aromatic carbocycles. The smallest absolute Gasteiger partial charge is 0.254 e. The Hall–Kier alpha value is -3.09. The summed E-state index contributed by atoms with van der Waals surface area (Å²) in [7, 11) is 3.07. The number of hydrogen-bond acceptors (Lipinski definition) is 5. The van der Waals surface area contributed by atoms with Crippen molar-refractivity contribution in [2.45, 2.75) is 6.92 Å². The maximum absolute atomic E-state index is 14.4. The molecule has 0 radical (unpaired) electrons. The van der Waals surface area contributed by atoms with Crippen LogP contribution in [-0.4, -0.2) is 57.0 Å². The lowest BCUT2D eigenvalue weighted by molar-refractivity contribution is 0.0746. The topological polar surface area (TPSA) is 59.1 Å². The Morgan fingerprint density at radius 1 is 0.893 bits per heavy atom. The molecule has 1 aliphatic heterocycles. The molecule has 0 atom stereocenters. The molecule has 1 heterocycles. The van der Waals surface area contributed by atoms with Gasteiger partial charge in [-0.2, -0.15) is 0 Å². The summed E-state index contributed by atoms with van der Waals surface area (Å²) < 4.78 is 24.8. The van der Waals surface area contributed by atoms with Crippen LogP contribution in [0.3, 0.4) is 0 Å². The molecule has 148 valence electrons. The van der Waals surface area contributed by atoms with Crippen LogP contribution >= 0.6 is 0 Å². The first-order valence-electron chi connectivity index (χ1n) is 9.01. The van der Waals surface area contributed by atoms with Gasteiger partial charge in [-0.15, -0.1) is 0 Å². The van der Waals surface area contributed by atoms with Gasteiger partial charge < -0.3 is 19.3 Å². The second-order valence-electron chi connectivity index (χ2n) is 6.57. The Bertz CT molecular complexity index is 892. The number of anilines is 1. The van der Waals surface area contributed by atoms with Gasteiger partial charge in [0.15, 0.2) is 17.3 Å². The van der Waals surface area contributed by atoms with Gasteiger partial charge in [-0.1, -0.05) is 0 Å². The molecule has 0 spiro atoms. The molecule has 1 saturated heterocycles. The zero-order chi connectivity index (χ0) is 20.3. The molecule has 0 aromatic heterocycles. The number of carbonyl (C=O) groups excluding carboxylic acids is 2. The lowest BCUT2D eigenvalue weighted by Gasteiger charge is -2.36. The van der Waals surface area contributed by atoms with Gasteiger partial charge in [-0.25, -0.2) is 4.39 Å². The fraction of sp³-hybridized carbons (Fsp3) is 0.333. The molecule has 2 aromatic rings. The number of piperazine rings is 1. The van der Waals surface area contributed by atoms with Crippen LogP contribution in [0.5, 0.6) is 11.5 Å². The van der Waals surface area contributed by atoms with Crippen molar-refractivity contribution in [1.82, 2.24) is 4.90 Å². The maximum Gasteiger partial charge on any atom is 0.254 e. The molecule has 3 rings (SSSR count). The van der Waals surface area contributed by atoms with E-state index in [2.05, 4.69) is 0 Å². The predicted molar refractivity (Wildman–Crippen MR) is 104 cm³/mol. The van der Waals surface area contributed by atoms with E-state index < -0.39 is 5.82 Å². The van der Waals surface area contributed by atoms with E-state index in [1.807, 2.05) is 4.90 Å². The first kappa shape index (κ1) is 19.7. The second-order valence-corrected chi connectivity index (χ2v) is 6.57. The molecule has 7 heteroatoms. The largest absolute Gasteiger partial charge is 0.493 e. The molecular formula is C21H23FN2O4. The van der Waals surface area contributed by atoms with Crippen LogP contribution in [-0.2, 0) is 0 Å². The van der Waals surface area contributed by atoms with Crippen molar-refractivity contribution in [3.05, 3.63) is 53.3 Å². The zero-order valence-corrected chi connectivity index (χ0v) is 16.2. The summed E-state index contributed by atoms with van der Waals surface area (Å²) in [5, 5.41) is 0. The second kappa shape index (κ2) is 8.29. The van der Waals surface area contributed by atoms with Gasteiger partial charge in [0.2, 0.25) is 0 Å². The first-order chi connectivity index (χ1) is 13.4. The van der Waals surface area contributed by atoms with E-state index in [4.69, 9.17) is 9.47 Å². The highest BCUT2D eigenvalue weighted by molar-refractivity contribution is 5.95. The number of ether oxygens (including phenoxy) is 2. The molecule has 0 saturated carbocycles. The Morgan fingerprint density at radius 3 is 2.11 bits per heavy atom. The van der Waals surface area contributed by atoms with E-state index in [1.165, 1.54) is 20.1 Å². The van der Waals surface area contributed by atoms with Crippen molar-refractivity contribution in [2.75, 3.05) is 45.3 Å². The fourth-order valence-electron chi connectivity index (χ4n) is 3.28. The molecule has 0 unspecified atom stereocenters. The van der Waals surface area contributed by atoms with Crippen molar-refractivity contribution >= 4 is 17.4 Å². The van der Waals surface area contributed by atoms with E-state index in [0.29, 0.717) is 54.5 Å². The van der Waals surface area contributed by atoms with Gasteiger partial charge in [0.1, 0.15) is 5.82 Å². The SMILES string of the molecule is COc1ccc(C(=O)N2CCN(c3ccc(C(C)=O)cc3F)CC2)cc1OC. The van der Waals surface area contributed by atoms with Crippen LogP contribution in [0.1, 0.15) is 27.6 Å². The van der Waals surface area contributed by atoms with Crippen LogP contribution in [0.2, 0.25) is 0 Å². The number of rotatable bonds is 5. The van der Waals surface area contributed by atoms with Crippen LogP contribution in [0.25, 0.3) is 0 Å². The number of halogens is 1. The normalized spacial score (nSPS) is 14.0. The van der Waals surface area contributed by atoms with Crippen molar-refractivity contribution in [1.29, 1.82) is 0 Å². The minimum Gasteiger partial charge on any atom is -0.493 e. The van der Waals surface area contributed by atoms with Crippen LogP contribution < -0.4 is 14.4 Å². The highest BCUT2D eigenvalue weighted by atomic mass is 19.1. The Kier molecular flexibility index (Phi) is 5.82. The van der Waals surface area contributed by atoms with Crippen molar-refractivity contribution < 1.29 is 23.5 Å². The van der Waals surface area contributed by atoms with Crippen molar-refractivity contribution in [3.63, 3.8) is 0 Å². The minimum absolute atomic E-state index is 0.104. The number of carbonyl (C=O) groups is 2. The highest BCUT2D eigenvalue weighted by Gasteiger charge is 2.24. The average Bonchev–Trinajstić information content (AvgIpc) is 2.72. The first-order valence-corrected chi connectivity index (χ1v) is 9.01. The third-order valence-electron chi connectivity index (χ3n) is 4.89. The molecule has 6 nitrogen and oxygen atoms in total. The molecule has 1 amide bonds. The zero-order valence-electron chi connectivity index (χ0n) is 16.2. The number of ketones is 1. The highest BCUT2D eigenvalue weighted by Crippen LogP contribution is 2.28. The summed E-state index contributed by atoms with van der Waals surface area (Å²) in [4.78, 5) is 27.8. The molecule has 0 N–H and O–H groups in total. The maximum atomic E-state index is 14.4. The average molecular weight is 386 g/mol. The van der Waals surface area contributed by atoms with Gasteiger partial charge in [0.25, 0.3) is 5.91 Å². The van der Waals surface area contributed by atoms with Crippen LogP contribution in [0, 0.1) is 5.82 Å². The number of benzene rings is 2. The van der Waals surface area contributed by atoms with Gasteiger partial charge in [-0.3, -0.25) is 9.59 Å². The summed E-state index contributed by atoms with van der Waals surface area (Å²) in [5.41, 5.74) is 1.31. The van der Waals surface area contributed by atoms with E-state index in [0.717, 1.165) is 0 Å². The number of nitrogens with zero attached hydrogens (tertiary/aromatic N) is 2. The quantitative estimate of drug-likeness (QED) is 0.740. The summed E-state index contributed by atoms with van der Waals surface area (Å²) >= 11 is 0. The third-order valence-corrected chi connectivity index (χ3v) is 4.89. The molecule has 0 bridgehead atoms. The summed E-state index contributed by atoms with van der Waals surface area (Å²) in [5.74, 6) is 0.365. The van der Waals surface area contributed by atoms with E-state index in [1.54, 1.807) is 42.3 Å². The van der Waals surface area contributed by atoms with E-state index in [9.17, 15) is 14.0 Å². The Balaban J connectivity index is 1.68. The molecule has 28 heavy (non-hydrogen) atoms. The van der Waals surface area contributed by atoms with Crippen LogP contribution in [0.4, 0.5) is 10.1 Å². The van der Waals surface area contributed by atoms with E-state index >= 15 is 0 Å². The number of methoxy groups -OCH3 is 2. The minimum atomic E-state index is -0.424. The molecule has 1 fully saturated rings. The molecule has 0 aliphatic carbocycles. The van der Waals surface area contributed by atoms with Gasteiger partial charge in [0, 0.05) is 37.3 Å². The molecule has 1 aliphatic rings. The monoisotopic (exact) mass is 386 g/mol.